The summed E-state index contributed by atoms with van der Waals surface area (Å²) >= 11 is 0. The van der Waals surface area contributed by atoms with Crippen molar-refractivity contribution >= 4 is 14.3 Å². The average molecular weight is 198 g/mol. The maximum Gasteiger partial charge on any atom is 0.320 e. The largest absolute Gasteiger partial charge is 0.517 e. The fourth-order valence-corrected chi connectivity index (χ4v) is 1.42. The molecule has 0 aromatic rings. The highest BCUT2D eigenvalue weighted by Gasteiger charge is 2.20. The summed E-state index contributed by atoms with van der Waals surface area (Å²) in [6.07, 6.45) is 4.30. The maximum atomic E-state index is 11.4. The van der Waals surface area contributed by atoms with Crippen LogP contribution in [-0.2, 0) is 9.22 Å². The Hall–Kier alpha value is -0.833. The first-order valence-corrected chi connectivity index (χ1v) is 7.78. The number of hydrogen-bond acceptors (Lipinski definition) is 2. The Morgan fingerprint density at radius 2 is 2.00 bits per heavy atom. The minimum atomic E-state index is -1.74. The predicted octanol–water partition coefficient (Wildman–Crippen LogP) is 2.89. The molecule has 0 heterocycles. The summed E-state index contributed by atoms with van der Waals surface area (Å²) in [6, 6.07) is 0. The summed E-state index contributed by atoms with van der Waals surface area (Å²) in [5, 5.41) is 0. The standard InChI is InChI=1S/C10H18O2Si/c1-6-7-8-9(2)10(11)12-13(3,4)5/h6,8H,1,7H2,2-5H3. The highest BCUT2D eigenvalue weighted by atomic mass is 28.4. The van der Waals surface area contributed by atoms with Crippen molar-refractivity contribution in [2.45, 2.75) is 33.0 Å². The Morgan fingerprint density at radius 1 is 1.46 bits per heavy atom. The molecule has 13 heavy (non-hydrogen) atoms. The molecule has 0 bridgehead atoms. The van der Waals surface area contributed by atoms with E-state index in [0.29, 0.717) is 12.0 Å². The van der Waals surface area contributed by atoms with Crippen molar-refractivity contribution in [1.29, 1.82) is 0 Å². The first-order valence-electron chi connectivity index (χ1n) is 4.38. The number of hydrogen-bond donors (Lipinski definition) is 0. The van der Waals surface area contributed by atoms with Gasteiger partial charge in [-0.15, -0.1) is 6.58 Å². The van der Waals surface area contributed by atoms with Crippen LogP contribution in [0.3, 0.4) is 0 Å². The second-order valence-corrected chi connectivity index (χ2v) is 8.34. The van der Waals surface area contributed by atoms with Gasteiger partial charge in [-0.1, -0.05) is 12.2 Å². The van der Waals surface area contributed by atoms with Gasteiger partial charge in [0.05, 0.1) is 0 Å². The van der Waals surface area contributed by atoms with Crippen molar-refractivity contribution in [2.24, 2.45) is 0 Å². The van der Waals surface area contributed by atoms with Crippen LogP contribution in [0.2, 0.25) is 19.6 Å². The van der Waals surface area contributed by atoms with Crippen LogP contribution in [0, 0.1) is 0 Å². The minimum Gasteiger partial charge on any atom is -0.517 e. The second-order valence-electron chi connectivity index (χ2n) is 3.91. The van der Waals surface area contributed by atoms with Gasteiger partial charge in [-0.25, -0.2) is 4.79 Å². The van der Waals surface area contributed by atoms with E-state index in [2.05, 4.69) is 6.58 Å². The molecule has 0 saturated carbocycles. The lowest BCUT2D eigenvalue weighted by Crippen LogP contribution is -2.29. The van der Waals surface area contributed by atoms with E-state index < -0.39 is 8.32 Å². The number of rotatable bonds is 4. The lowest BCUT2D eigenvalue weighted by Gasteiger charge is -2.17. The molecule has 0 aromatic heterocycles. The van der Waals surface area contributed by atoms with Crippen LogP contribution < -0.4 is 0 Å². The van der Waals surface area contributed by atoms with Crippen molar-refractivity contribution in [3.8, 4) is 0 Å². The lowest BCUT2D eigenvalue weighted by molar-refractivity contribution is -0.130. The first kappa shape index (κ1) is 12.2. The molecule has 0 atom stereocenters. The second kappa shape index (κ2) is 5.02. The van der Waals surface area contributed by atoms with E-state index >= 15 is 0 Å². The highest BCUT2D eigenvalue weighted by Crippen LogP contribution is 2.07. The summed E-state index contributed by atoms with van der Waals surface area (Å²) in [4.78, 5) is 11.4. The minimum absolute atomic E-state index is 0.194. The molecule has 0 aliphatic heterocycles. The van der Waals surface area contributed by atoms with E-state index in [9.17, 15) is 4.79 Å². The molecular formula is C10H18O2Si. The molecule has 3 heteroatoms. The van der Waals surface area contributed by atoms with E-state index in [-0.39, 0.29) is 5.97 Å². The third kappa shape index (κ3) is 6.34. The Bertz CT molecular complexity index is 224. The fraction of sp³-hybridized carbons (Fsp3) is 0.500. The van der Waals surface area contributed by atoms with Crippen molar-refractivity contribution in [1.82, 2.24) is 0 Å². The quantitative estimate of drug-likeness (QED) is 0.394. The summed E-state index contributed by atoms with van der Waals surface area (Å²) in [5.74, 6) is -0.194. The van der Waals surface area contributed by atoms with Gasteiger partial charge >= 0.3 is 5.97 Å². The monoisotopic (exact) mass is 198 g/mol. The molecule has 74 valence electrons. The third-order valence-electron chi connectivity index (χ3n) is 1.31. The van der Waals surface area contributed by atoms with E-state index in [1.807, 2.05) is 25.7 Å². The van der Waals surface area contributed by atoms with Crippen LogP contribution in [0.4, 0.5) is 0 Å². The molecule has 0 fully saturated rings. The van der Waals surface area contributed by atoms with Gasteiger partial charge < -0.3 is 4.43 Å². The molecular weight excluding hydrogens is 180 g/mol. The van der Waals surface area contributed by atoms with Gasteiger partial charge in [0, 0.05) is 5.57 Å². The zero-order valence-corrected chi connectivity index (χ0v) is 9.89. The van der Waals surface area contributed by atoms with Crippen LogP contribution in [0.15, 0.2) is 24.3 Å². The van der Waals surface area contributed by atoms with E-state index in [1.165, 1.54) is 0 Å². The first-order chi connectivity index (χ1) is 5.87. The maximum absolute atomic E-state index is 11.4. The van der Waals surface area contributed by atoms with Crippen molar-refractivity contribution in [3.05, 3.63) is 24.3 Å². The zero-order chi connectivity index (χ0) is 10.5. The summed E-state index contributed by atoms with van der Waals surface area (Å²) in [5.41, 5.74) is 0.669. The van der Waals surface area contributed by atoms with Gasteiger partial charge in [0.15, 0.2) is 0 Å². The van der Waals surface area contributed by atoms with Gasteiger partial charge in [0.2, 0.25) is 8.32 Å². The lowest BCUT2D eigenvalue weighted by atomic mass is 10.2. The fourth-order valence-electron chi connectivity index (χ4n) is 0.702. The molecule has 0 spiro atoms. The van der Waals surface area contributed by atoms with E-state index in [1.54, 1.807) is 13.0 Å². The molecule has 0 aromatic carbocycles. The Labute approximate surface area is 81.4 Å². The normalized spacial score (nSPS) is 12.5. The Morgan fingerprint density at radius 3 is 2.38 bits per heavy atom. The number of carbonyl (C=O) groups excluding carboxylic acids is 1. The van der Waals surface area contributed by atoms with Gasteiger partial charge in [-0.3, -0.25) is 0 Å². The van der Waals surface area contributed by atoms with Crippen LogP contribution in [-0.4, -0.2) is 14.3 Å². The number of carbonyl (C=O) groups is 1. The molecule has 0 unspecified atom stereocenters. The molecule has 0 rings (SSSR count). The van der Waals surface area contributed by atoms with Crippen LogP contribution in [0.25, 0.3) is 0 Å². The van der Waals surface area contributed by atoms with E-state index in [0.717, 1.165) is 0 Å². The SMILES string of the molecule is C=CCC=C(C)C(=O)O[Si](C)(C)C. The van der Waals surface area contributed by atoms with E-state index in [4.69, 9.17) is 4.43 Å². The zero-order valence-electron chi connectivity index (χ0n) is 8.89. The van der Waals surface area contributed by atoms with Crippen molar-refractivity contribution in [2.75, 3.05) is 0 Å². The molecule has 0 amide bonds. The topological polar surface area (TPSA) is 26.3 Å². The van der Waals surface area contributed by atoms with Gasteiger partial charge in [0.25, 0.3) is 0 Å². The number of allylic oxidation sites excluding steroid dienone is 2. The third-order valence-corrected chi connectivity index (χ3v) is 2.11. The van der Waals surface area contributed by atoms with Crippen LogP contribution in [0.1, 0.15) is 13.3 Å². The molecule has 0 aliphatic rings. The van der Waals surface area contributed by atoms with Crippen molar-refractivity contribution < 1.29 is 9.22 Å². The van der Waals surface area contributed by atoms with Gasteiger partial charge in [-0.05, 0) is 33.0 Å². The van der Waals surface area contributed by atoms with Crippen molar-refractivity contribution in [3.63, 3.8) is 0 Å². The molecule has 0 aliphatic carbocycles. The Balaban J connectivity index is 4.19. The smallest absolute Gasteiger partial charge is 0.320 e. The summed E-state index contributed by atoms with van der Waals surface area (Å²) < 4.78 is 5.29. The predicted molar refractivity (Wildman–Crippen MR) is 58.0 cm³/mol. The van der Waals surface area contributed by atoms with Gasteiger partial charge in [0.1, 0.15) is 0 Å². The highest BCUT2D eigenvalue weighted by molar-refractivity contribution is 6.71. The average Bonchev–Trinajstić information content (AvgIpc) is 1.96. The molecule has 2 nitrogen and oxygen atoms in total. The molecule has 0 saturated heterocycles. The summed E-state index contributed by atoms with van der Waals surface area (Å²) in [6.45, 7) is 11.3. The Kier molecular flexibility index (Phi) is 4.70. The summed E-state index contributed by atoms with van der Waals surface area (Å²) in [7, 11) is -1.74. The molecule has 0 N–H and O–H groups in total. The van der Waals surface area contributed by atoms with Gasteiger partial charge in [-0.2, -0.15) is 0 Å². The van der Waals surface area contributed by atoms with Crippen LogP contribution in [0.5, 0.6) is 0 Å². The molecule has 0 radical (unpaired) electrons. The van der Waals surface area contributed by atoms with Crippen LogP contribution >= 0.6 is 0 Å².